The second-order valence-corrected chi connectivity index (χ2v) is 7.33. The average Bonchev–Trinajstić information content (AvgIpc) is 3.18. The van der Waals surface area contributed by atoms with E-state index in [-0.39, 0.29) is 18.2 Å². The van der Waals surface area contributed by atoms with Crippen LogP contribution in [0.3, 0.4) is 0 Å². The predicted octanol–water partition coefficient (Wildman–Crippen LogP) is 3.42. The first-order valence-corrected chi connectivity index (χ1v) is 10.1. The second-order valence-electron chi connectivity index (χ2n) is 6.49. The molecule has 0 aliphatic carbocycles. The molecule has 0 bridgehead atoms. The molecular formula is C21H17N5O4S. The molecule has 2 aromatic carbocycles. The van der Waals surface area contributed by atoms with Gasteiger partial charge in [-0.2, -0.15) is 5.10 Å². The number of thiazole rings is 1. The lowest BCUT2D eigenvalue weighted by Crippen LogP contribution is -2.25. The summed E-state index contributed by atoms with van der Waals surface area (Å²) in [4.78, 5) is 27.4. The molecule has 1 aromatic heterocycles. The Kier molecular flexibility index (Phi) is 5.72. The standard InChI is InChI=1S/C21H17N5O4S/c1-2-8-22-21-25(23-11-14-4-3-5-16(9-14)26(28)29)18(13-31-21)15-6-7-19-17(10-15)24-20(27)12-30-19/h2-7,9-11,13H,1,8,12H2,(H,24,27). The van der Waals surface area contributed by atoms with Gasteiger partial charge in [-0.1, -0.05) is 18.2 Å². The van der Waals surface area contributed by atoms with Crippen LogP contribution in [0.4, 0.5) is 11.4 Å². The van der Waals surface area contributed by atoms with Crippen LogP contribution in [0.15, 0.2) is 70.6 Å². The summed E-state index contributed by atoms with van der Waals surface area (Å²) >= 11 is 1.40. The molecule has 0 fully saturated rings. The quantitative estimate of drug-likeness (QED) is 0.277. The molecule has 3 aromatic rings. The van der Waals surface area contributed by atoms with Crippen LogP contribution >= 0.6 is 11.3 Å². The van der Waals surface area contributed by atoms with Gasteiger partial charge in [-0.3, -0.25) is 19.9 Å². The molecular weight excluding hydrogens is 418 g/mol. The first-order chi connectivity index (χ1) is 15.0. The number of hydrogen-bond donors (Lipinski definition) is 1. The molecule has 31 heavy (non-hydrogen) atoms. The van der Waals surface area contributed by atoms with E-state index >= 15 is 0 Å². The lowest BCUT2D eigenvalue weighted by atomic mass is 10.1. The van der Waals surface area contributed by atoms with Gasteiger partial charge in [0, 0.05) is 28.6 Å². The van der Waals surface area contributed by atoms with E-state index in [1.54, 1.807) is 35.2 Å². The lowest BCUT2D eigenvalue weighted by Gasteiger charge is -2.18. The van der Waals surface area contributed by atoms with Crippen LogP contribution in [-0.4, -0.2) is 34.9 Å². The summed E-state index contributed by atoms with van der Waals surface area (Å²) in [6.45, 7) is 4.10. The highest BCUT2D eigenvalue weighted by molar-refractivity contribution is 7.07. The van der Waals surface area contributed by atoms with Gasteiger partial charge in [0.2, 0.25) is 4.80 Å². The smallest absolute Gasteiger partial charge is 0.270 e. The van der Waals surface area contributed by atoms with E-state index in [0.717, 1.165) is 11.3 Å². The number of hydrogen-bond acceptors (Lipinski definition) is 7. The van der Waals surface area contributed by atoms with Crippen LogP contribution in [-0.2, 0) is 4.79 Å². The Hall–Kier alpha value is -4.05. The normalized spacial score (nSPS) is 13.5. The Labute approximate surface area is 180 Å². The Bertz CT molecular complexity index is 1270. The topological polar surface area (TPSA) is 111 Å². The molecule has 0 atom stereocenters. The van der Waals surface area contributed by atoms with E-state index < -0.39 is 4.92 Å². The maximum atomic E-state index is 11.7. The average molecular weight is 435 g/mol. The van der Waals surface area contributed by atoms with Gasteiger partial charge < -0.3 is 10.1 Å². The molecule has 0 saturated carbocycles. The van der Waals surface area contributed by atoms with Crippen molar-refractivity contribution < 1.29 is 14.5 Å². The minimum absolute atomic E-state index is 0.0110. The summed E-state index contributed by atoms with van der Waals surface area (Å²) in [7, 11) is 0. The van der Waals surface area contributed by atoms with Crippen molar-refractivity contribution in [3.8, 4) is 17.0 Å². The van der Waals surface area contributed by atoms with Crippen molar-refractivity contribution in [3.05, 3.63) is 81.0 Å². The predicted molar refractivity (Wildman–Crippen MR) is 119 cm³/mol. The molecule has 0 radical (unpaired) electrons. The van der Waals surface area contributed by atoms with Crippen LogP contribution in [0, 0.1) is 10.1 Å². The fourth-order valence-electron chi connectivity index (χ4n) is 2.95. The Morgan fingerprint density at radius 1 is 1.32 bits per heavy atom. The molecule has 0 unspecified atom stereocenters. The van der Waals surface area contributed by atoms with Crippen LogP contribution < -0.4 is 14.9 Å². The van der Waals surface area contributed by atoms with Crippen molar-refractivity contribution in [2.45, 2.75) is 0 Å². The number of fused-ring (bicyclic) bond motifs is 1. The SMILES string of the molecule is C=CCN=c1scc(-c2ccc3c(c2)NC(=O)CO3)n1N=Cc1cccc([N+](=O)[O-])c1. The van der Waals surface area contributed by atoms with Crippen LogP contribution in [0.25, 0.3) is 11.3 Å². The number of amides is 1. The van der Waals surface area contributed by atoms with E-state index in [1.165, 1.54) is 23.5 Å². The summed E-state index contributed by atoms with van der Waals surface area (Å²) in [6.07, 6.45) is 3.22. The van der Waals surface area contributed by atoms with Crippen molar-refractivity contribution >= 4 is 34.8 Å². The molecule has 0 spiro atoms. The number of nitrogens with one attached hydrogen (secondary N) is 1. The number of carbonyl (C=O) groups is 1. The van der Waals surface area contributed by atoms with Gasteiger partial charge in [-0.25, -0.2) is 4.68 Å². The summed E-state index contributed by atoms with van der Waals surface area (Å²) in [6, 6.07) is 11.7. The number of nitro benzene ring substituents is 1. The largest absolute Gasteiger partial charge is 0.482 e. The van der Waals surface area contributed by atoms with Crippen LogP contribution in [0.2, 0.25) is 0 Å². The van der Waals surface area contributed by atoms with E-state index in [1.807, 2.05) is 17.5 Å². The maximum absolute atomic E-state index is 11.7. The third-order valence-corrected chi connectivity index (χ3v) is 5.21. The number of nitrogens with zero attached hydrogens (tertiary/aromatic N) is 4. The number of nitro groups is 1. The van der Waals surface area contributed by atoms with Gasteiger partial charge in [-0.05, 0) is 18.2 Å². The van der Waals surface area contributed by atoms with Crippen LogP contribution in [0.5, 0.6) is 5.75 Å². The second kappa shape index (κ2) is 8.76. The monoisotopic (exact) mass is 435 g/mol. The first kappa shape index (κ1) is 20.2. The molecule has 9 nitrogen and oxygen atoms in total. The lowest BCUT2D eigenvalue weighted by molar-refractivity contribution is -0.384. The third kappa shape index (κ3) is 4.43. The van der Waals surface area contributed by atoms with Crippen molar-refractivity contribution in [2.24, 2.45) is 10.1 Å². The summed E-state index contributed by atoms with van der Waals surface area (Å²) in [5.41, 5.74) is 2.70. The van der Waals surface area contributed by atoms with Crippen molar-refractivity contribution in [1.82, 2.24) is 4.68 Å². The molecule has 10 heteroatoms. The summed E-state index contributed by atoms with van der Waals surface area (Å²) in [5.74, 6) is 0.384. The number of benzene rings is 2. The zero-order valence-electron chi connectivity index (χ0n) is 16.2. The van der Waals surface area contributed by atoms with Crippen LogP contribution in [0.1, 0.15) is 5.56 Å². The third-order valence-electron chi connectivity index (χ3n) is 4.35. The van der Waals surface area contributed by atoms with Crippen molar-refractivity contribution in [1.29, 1.82) is 0 Å². The molecule has 156 valence electrons. The summed E-state index contributed by atoms with van der Waals surface area (Å²) < 4.78 is 7.07. The van der Waals surface area contributed by atoms with Gasteiger partial charge in [0.15, 0.2) is 6.61 Å². The number of non-ortho nitro benzene ring substituents is 1. The zero-order valence-corrected chi connectivity index (χ0v) is 17.0. The molecule has 4 rings (SSSR count). The van der Waals surface area contributed by atoms with Gasteiger partial charge in [-0.15, -0.1) is 17.9 Å². The number of ether oxygens (including phenoxy) is 1. The maximum Gasteiger partial charge on any atom is 0.270 e. The molecule has 1 amide bonds. The van der Waals surface area contributed by atoms with Gasteiger partial charge >= 0.3 is 0 Å². The van der Waals surface area contributed by atoms with Crippen molar-refractivity contribution in [2.75, 3.05) is 18.5 Å². The Balaban J connectivity index is 1.77. The minimum Gasteiger partial charge on any atom is -0.482 e. The number of carbonyl (C=O) groups excluding carboxylic acids is 1. The highest BCUT2D eigenvalue weighted by Crippen LogP contribution is 2.32. The van der Waals surface area contributed by atoms with E-state index in [4.69, 9.17) is 4.74 Å². The zero-order chi connectivity index (χ0) is 21.8. The van der Waals surface area contributed by atoms with Crippen molar-refractivity contribution in [3.63, 3.8) is 0 Å². The van der Waals surface area contributed by atoms with Gasteiger partial charge in [0.25, 0.3) is 11.6 Å². The van der Waals surface area contributed by atoms with E-state index in [9.17, 15) is 14.9 Å². The first-order valence-electron chi connectivity index (χ1n) is 9.23. The van der Waals surface area contributed by atoms with Gasteiger partial charge in [0.1, 0.15) is 5.75 Å². The van der Waals surface area contributed by atoms with Gasteiger partial charge in [0.05, 0.1) is 29.1 Å². The minimum atomic E-state index is -0.450. The summed E-state index contributed by atoms with van der Waals surface area (Å²) in [5, 5.41) is 20.3. The Morgan fingerprint density at radius 2 is 2.19 bits per heavy atom. The fraction of sp³-hybridized carbons (Fsp3) is 0.0952. The molecule has 2 heterocycles. The van der Waals surface area contributed by atoms with E-state index in [0.29, 0.717) is 28.3 Å². The molecule has 1 N–H and O–H groups in total. The molecule has 1 aliphatic heterocycles. The Morgan fingerprint density at radius 3 is 3.00 bits per heavy atom. The molecule has 0 saturated heterocycles. The number of anilines is 1. The fourth-order valence-corrected chi connectivity index (χ4v) is 3.79. The number of aromatic nitrogens is 1. The number of rotatable bonds is 6. The highest BCUT2D eigenvalue weighted by Gasteiger charge is 2.17. The molecule has 1 aliphatic rings. The van der Waals surface area contributed by atoms with E-state index in [2.05, 4.69) is 22.0 Å². The highest BCUT2D eigenvalue weighted by atomic mass is 32.1.